The molecule has 9 saturated heterocycles. The van der Waals surface area contributed by atoms with Gasteiger partial charge < -0.3 is 245 Å². The van der Waals surface area contributed by atoms with Crippen molar-refractivity contribution < 1.29 is 252 Å². The van der Waals surface area contributed by atoms with Crippen LogP contribution in [0.2, 0.25) is 0 Å². The maximum absolute atomic E-state index is 13.7. The first kappa shape index (κ1) is 102. The van der Waals surface area contributed by atoms with Crippen LogP contribution >= 0.6 is 0 Å². The highest BCUT2D eigenvalue weighted by Gasteiger charge is 2.64. The molecule has 55 nitrogen and oxygen atoms in total. The summed E-state index contributed by atoms with van der Waals surface area (Å²) in [6.45, 7) is -5.04. The number of carbonyl (C=O) groups is 6. The van der Waals surface area contributed by atoms with Gasteiger partial charge in [-0.25, -0.2) is 9.59 Å². The number of aliphatic carboxylic acids is 2. The third-order valence-electron chi connectivity index (χ3n) is 22.3. The average molecular weight is 1800 g/mol. The first-order chi connectivity index (χ1) is 57.8. The van der Waals surface area contributed by atoms with Crippen LogP contribution in [-0.2, 0) is 109 Å². The van der Waals surface area contributed by atoms with Crippen molar-refractivity contribution in [3.63, 3.8) is 0 Å². The highest BCUT2D eigenvalue weighted by Crippen LogP contribution is 2.43. The second-order valence-electron chi connectivity index (χ2n) is 31.0. The summed E-state index contributed by atoms with van der Waals surface area (Å²) in [6.07, 6.45) is -93.6. The number of rotatable bonds is 34. The van der Waals surface area contributed by atoms with E-state index in [1.807, 2.05) is 0 Å². The molecule has 9 heterocycles. The van der Waals surface area contributed by atoms with E-state index in [0.29, 0.717) is 0 Å². The Balaban J connectivity index is 1.04. The van der Waals surface area contributed by atoms with Crippen LogP contribution < -0.4 is 21.3 Å². The number of aliphatic hydroxyl groups is 26. The summed E-state index contributed by atoms with van der Waals surface area (Å²) in [5.41, 5.74) is 0. The van der Waals surface area contributed by atoms with Crippen molar-refractivity contribution >= 4 is 35.6 Å². The minimum absolute atomic E-state index is 0.835. The molecule has 0 aromatic carbocycles. The lowest BCUT2D eigenvalue weighted by atomic mass is 9.88. The minimum atomic E-state index is -3.40. The van der Waals surface area contributed by atoms with Crippen LogP contribution in [0.25, 0.3) is 0 Å². The Bertz CT molecular complexity index is 3430. The van der Waals surface area contributed by atoms with Crippen molar-refractivity contribution in [2.45, 2.75) is 335 Å². The zero-order chi connectivity index (χ0) is 91.4. The van der Waals surface area contributed by atoms with E-state index in [9.17, 15) is 172 Å². The minimum Gasteiger partial charge on any atom is -0.477 e. The maximum atomic E-state index is 13.7. The molecule has 4 amide bonds. The van der Waals surface area contributed by atoms with Crippen molar-refractivity contribution in [1.29, 1.82) is 0 Å². The number of carboxylic acids is 2. The number of hydrogen-bond acceptors (Lipinski definition) is 49. The third-order valence-corrected chi connectivity index (χ3v) is 22.3. The van der Waals surface area contributed by atoms with E-state index in [0.717, 1.165) is 27.7 Å². The molecule has 0 saturated carbocycles. The van der Waals surface area contributed by atoms with Gasteiger partial charge in [0.1, 0.15) is 201 Å². The summed E-state index contributed by atoms with van der Waals surface area (Å²) < 4.78 is 100. The molecule has 0 aromatic heterocycles. The lowest BCUT2D eigenvalue weighted by Gasteiger charge is -2.52. The molecule has 0 bridgehead atoms. The molecular weight excluding hydrogens is 1690 g/mol. The molecular formula is C68H112N4O51. The number of carboxylic acid groups (broad SMARTS) is 2. The summed E-state index contributed by atoms with van der Waals surface area (Å²) in [5.74, 6) is -14.6. The van der Waals surface area contributed by atoms with Crippen LogP contribution in [0.15, 0.2) is 0 Å². The fraction of sp³-hybridized carbons (Fsp3) is 0.912. The van der Waals surface area contributed by atoms with Crippen molar-refractivity contribution in [2.24, 2.45) is 0 Å². The standard InChI is InChI=1S/C68H112N4O51/c1-16-35(87)42(94)46(98)61(109-16)118-52-28(13-78)113-60(34(72-20(5)82)55(52)119-64-49(101)57(39(91)25(10-75)111-64)123-68(66(105)106)7-22(84)32(70-18(3)80)54(122-68)37(89)24(86)9-74)120-56-40(92)29(114-63(48(56)100)117-51-26(11-76)110-58(102)45(97)44(51)96)14-107-59-33(71-19(4)81)41(93)50(27(12-77)112-59)116-62-47(99)43(95)38(90)30(115-62)15-108-67(65(103)104)6-21(83)31(69-17(2)79)53(121-67)36(88)23(85)8-73/h16,21-64,73-78,83-102H,6-15H2,1-5H3,(H,69,79)(H,70,80)(H,71,81)(H,72,82)(H,103,104)(H,105,106)/t16-,21-,22-,23+,24+,25+,26+,27+,28+,29+,30+,31+,32+,33+,34+,35+,36+,37+,38-,39-,40-,41+,42+,43-,44+,45+,46-,47+,48+,49+,50+,51+,52+,53+,54+,55+,56-,57-,58+,59+,60-,61-,62-,63-,64-,67+,68-/m0/s1. The summed E-state index contributed by atoms with van der Waals surface area (Å²) >= 11 is 0. The van der Waals surface area contributed by atoms with Crippen molar-refractivity contribution in [2.75, 3.05) is 52.9 Å². The zero-order valence-corrected chi connectivity index (χ0v) is 66.0. The van der Waals surface area contributed by atoms with E-state index in [4.69, 9.17) is 80.5 Å². The molecule has 0 unspecified atom stereocenters. The molecule has 9 rings (SSSR count). The van der Waals surface area contributed by atoms with Gasteiger partial charge in [-0.3, -0.25) is 19.2 Å². The molecule has 9 aliphatic rings. The lowest BCUT2D eigenvalue weighted by Crippen LogP contribution is -2.72. The molecule has 32 N–H and O–H groups in total. The zero-order valence-electron chi connectivity index (χ0n) is 66.0. The smallest absolute Gasteiger partial charge is 0.364 e. The fourth-order valence-electron chi connectivity index (χ4n) is 15.7. The van der Waals surface area contributed by atoms with Gasteiger partial charge >= 0.3 is 11.9 Å². The number of ether oxygens (including phenoxy) is 17. The highest BCUT2D eigenvalue weighted by atomic mass is 16.8. The Labute approximate surface area is 694 Å². The monoisotopic (exact) mass is 1800 g/mol. The lowest BCUT2D eigenvalue weighted by molar-refractivity contribution is -0.400. The van der Waals surface area contributed by atoms with Gasteiger partial charge in [0.05, 0.1) is 83.3 Å². The highest BCUT2D eigenvalue weighted by molar-refractivity contribution is 5.78. The Morgan fingerprint density at radius 3 is 1.24 bits per heavy atom. The van der Waals surface area contributed by atoms with Crippen molar-refractivity contribution in [3.8, 4) is 0 Å². The molecule has 0 radical (unpaired) electrons. The van der Waals surface area contributed by atoms with Gasteiger partial charge in [-0.1, -0.05) is 0 Å². The summed E-state index contributed by atoms with van der Waals surface area (Å²) in [5, 5.41) is 320. The fourth-order valence-corrected chi connectivity index (χ4v) is 15.7. The molecule has 0 spiro atoms. The summed E-state index contributed by atoms with van der Waals surface area (Å²) in [7, 11) is 0. The summed E-state index contributed by atoms with van der Waals surface area (Å²) in [6, 6.07) is -7.71. The SMILES string of the molecule is CC(=O)N[C@H]1[C@H](OC[C@H]2O[C@@H](O[C@H]3[C@H](O)[C@@H](O)[C@H](O)O[C@@H]3CO)[C@H](O)[C@@H](O[C@@H]3O[C@H](CO)[C@@H](O[C@@H]4O[C@@H](C)[C@@H](O)[C@@H](O)[C@@H]4O)[C@H](O[C@@H]4O[C@H](CO)[C@H](O)[C@H](O[C@]5(C(=O)O)C[C@H](O)[C@@H](NC(C)=O)[C@H]([C@H](O)[C@H](O)CO)O5)[C@H]4O)[C@H]3NC(C)=O)[C@H]2O)O[C@H](CO)[C@@H](O[C@@H]2O[C@H](CO[C@]3(C(=O)O)C[C@H](O)[C@@H](NC(C)=O)[C@H]([C@H](O)[C@H](O)CO)O3)[C@H](O)[C@H](O)[C@H]2O)[C@@H]1O. The Morgan fingerprint density at radius 1 is 0.358 bits per heavy atom. The Kier molecular flexibility index (Phi) is 35.8. The Morgan fingerprint density at radius 2 is 0.740 bits per heavy atom. The van der Waals surface area contributed by atoms with E-state index in [1.165, 1.54) is 6.92 Å². The van der Waals surface area contributed by atoms with E-state index in [-0.39, 0.29) is 0 Å². The van der Waals surface area contributed by atoms with E-state index in [2.05, 4.69) is 21.3 Å². The average Bonchev–Trinajstić information content (AvgIpc) is 0.755. The van der Waals surface area contributed by atoms with Crippen LogP contribution in [0.3, 0.4) is 0 Å². The molecule has 47 atom stereocenters. The molecule has 0 aromatic rings. The van der Waals surface area contributed by atoms with Gasteiger partial charge in [0.2, 0.25) is 23.6 Å². The van der Waals surface area contributed by atoms with Gasteiger partial charge in [0.25, 0.3) is 11.6 Å². The number of hydrogen-bond donors (Lipinski definition) is 32. The van der Waals surface area contributed by atoms with Crippen molar-refractivity contribution in [3.05, 3.63) is 0 Å². The predicted octanol–water partition coefficient (Wildman–Crippen LogP) is -20.6. The second-order valence-corrected chi connectivity index (χ2v) is 31.0. The number of aliphatic hydroxyl groups excluding tert-OH is 26. The normalized spacial score (nSPS) is 46.6. The van der Waals surface area contributed by atoms with Gasteiger partial charge in [-0.2, -0.15) is 0 Å². The molecule has 9 fully saturated rings. The van der Waals surface area contributed by atoms with E-state index >= 15 is 0 Å². The molecule has 55 heteroatoms. The largest absolute Gasteiger partial charge is 0.477 e. The van der Waals surface area contributed by atoms with E-state index in [1.54, 1.807) is 0 Å². The summed E-state index contributed by atoms with van der Waals surface area (Å²) in [4.78, 5) is 77.8. The van der Waals surface area contributed by atoms with Crippen LogP contribution in [0, 0.1) is 0 Å². The quantitative estimate of drug-likeness (QED) is 0.0284. The first-order valence-corrected chi connectivity index (χ1v) is 38.7. The van der Waals surface area contributed by atoms with Crippen LogP contribution in [0.5, 0.6) is 0 Å². The number of nitrogens with one attached hydrogen (secondary N) is 4. The third kappa shape index (κ3) is 22.4. The first-order valence-electron chi connectivity index (χ1n) is 38.7. The van der Waals surface area contributed by atoms with Gasteiger partial charge in [0.15, 0.2) is 44.0 Å². The maximum Gasteiger partial charge on any atom is 0.364 e. The van der Waals surface area contributed by atoms with Gasteiger partial charge in [-0.15, -0.1) is 0 Å². The number of carbonyl (C=O) groups excluding carboxylic acids is 4. The molecule has 123 heavy (non-hydrogen) atoms. The van der Waals surface area contributed by atoms with Crippen LogP contribution in [0.1, 0.15) is 47.5 Å². The van der Waals surface area contributed by atoms with E-state index < -0.39 is 389 Å². The number of amides is 4. The van der Waals surface area contributed by atoms with Crippen molar-refractivity contribution in [1.82, 2.24) is 21.3 Å². The topological polar surface area (TPSA) is 874 Å². The Hall–Kier alpha value is -4.90. The predicted molar refractivity (Wildman–Crippen MR) is 376 cm³/mol. The van der Waals surface area contributed by atoms with Crippen LogP contribution in [0.4, 0.5) is 0 Å². The molecule has 710 valence electrons. The molecule has 9 aliphatic heterocycles. The molecule has 0 aliphatic carbocycles. The van der Waals surface area contributed by atoms with Gasteiger partial charge in [0, 0.05) is 40.5 Å². The van der Waals surface area contributed by atoms with Gasteiger partial charge in [-0.05, 0) is 6.92 Å². The second kappa shape index (κ2) is 43.2. The van der Waals surface area contributed by atoms with Crippen LogP contribution in [-0.4, -0.2) is 519 Å².